The number of nitrogens with one attached hydrogen (secondary N) is 1. The zero-order chi connectivity index (χ0) is 15.0. The third-order valence-corrected chi connectivity index (χ3v) is 3.47. The molecule has 0 radical (unpaired) electrons. The average Bonchev–Trinajstić information content (AvgIpc) is 2.34. The summed E-state index contributed by atoms with van der Waals surface area (Å²) in [6.07, 6.45) is 1.43. The number of thioether (sulfide) groups is 1. The highest BCUT2D eigenvalue weighted by Gasteiger charge is 2.22. The lowest BCUT2D eigenvalue weighted by molar-refractivity contribution is -0.132. The van der Waals surface area contributed by atoms with Crippen LogP contribution in [0, 0.1) is 5.92 Å². The molecule has 0 aliphatic rings. The monoisotopic (exact) mass is 291 g/mol. The van der Waals surface area contributed by atoms with Gasteiger partial charge in [0.15, 0.2) is 0 Å². The summed E-state index contributed by atoms with van der Waals surface area (Å²) in [6.45, 7) is 3.59. The summed E-state index contributed by atoms with van der Waals surface area (Å²) in [5.74, 6) is -0.309. The number of aliphatic hydroxyl groups is 1. The Morgan fingerprint density at radius 3 is 2.37 bits per heavy atom. The lowest BCUT2D eigenvalue weighted by atomic mass is 10.0. The van der Waals surface area contributed by atoms with Gasteiger partial charge in [0, 0.05) is 6.04 Å². The summed E-state index contributed by atoms with van der Waals surface area (Å²) in [5, 5.41) is 11.9. The Labute approximate surface area is 118 Å². The van der Waals surface area contributed by atoms with E-state index in [1.165, 1.54) is 0 Å². The van der Waals surface area contributed by atoms with Crippen molar-refractivity contribution >= 4 is 23.6 Å². The molecule has 0 unspecified atom stereocenters. The van der Waals surface area contributed by atoms with Crippen LogP contribution in [0.3, 0.4) is 0 Å². The van der Waals surface area contributed by atoms with Gasteiger partial charge >= 0.3 is 0 Å². The van der Waals surface area contributed by atoms with E-state index in [1.807, 2.05) is 6.26 Å². The van der Waals surface area contributed by atoms with Crippen LogP contribution in [0.2, 0.25) is 0 Å². The molecule has 0 aliphatic carbocycles. The predicted molar refractivity (Wildman–Crippen MR) is 77.6 cm³/mol. The highest BCUT2D eigenvalue weighted by molar-refractivity contribution is 7.98. The van der Waals surface area contributed by atoms with E-state index in [1.54, 1.807) is 25.6 Å². The Morgan fingerprint density at radius 1 is 1.32 bits per heavy atom. The molecule has 0 aromatic heterocycles. The number of carbonyl (C=O) groups is 2. The largest absolute Gasteiger partial charge is 0.391 e. The van der Waals surface area contributed by atoms with Gasteiger partial charge in [0.05, 0.1) is 18.6 Å². The van der Waals surface area contributed by atoms with Crippen molar-refractivity contribution in [2.75, 3.05) is 12.0 Å². The van der Waals surface area contributed by atoms with Crippen LogP contribution in [0.1, 0.15) is 26.7 Å². The summed E-state index contributed by atoms with van der Waals surface area (Å²) in [7, 11) is 0. The summed E-state index contributed by atoms with van der Waals surface area (Å²) in [6, 6.07) is -1.20. The van der Waals surface area contributed by atoms with Crippen LogP contribution < -0.4 is 16.8 Å². The van der Waals surface area contributed by atoms with Crippen LogP contribution in [0.5, 0.6) is 0 Å². The first-order chi connectivity index (χ1) is 8.79. The Kier molecular flexibility index (Phi) is 8.99. The number of hydrogen-bond donors (Lipinski definition) is 4. The Hall–Kier alpha value is -0.630. The maximum absolute atomic E-state index is 11.6. The molecule has 0 saturated heterocycles. The topological polar surface area (TPSA) is 118 Å². The minimum absolute atomic E-state index is 0.0541. The third kappa shape index (κ3) is 7.51. The van der Waals surface area contributed by atoms with Gasteiger partial charge in [-0.3, -0.25) is 14.9 Å². The van der Waals surface area contributed by atoms with Crippen molar-refractivity contribution in [2.45, 2.75) is 44.9 Å². The Bertz CT molecular complexity index is 300. The van der Waals surface area contributed by atoms with Gasteiger partial charge in [-0.05, 0) is 24.3 Å². The zero-order valence-electron chi connectivity index (χ0n) is 11.8. The van der Waals surface area contributed by atoms with Crippen LogP contribution in [0.4, 0.5) is 0 Å². The van der Waals surface area contributed by atoms with E-state index in [9.17, 15) is 14.7 Å². The van der Waals surface area contributed by atoms with Gasteiger partial charge < -0.3 is 16.6 Å². The molecule has 112 valence electrons. The van der Waals surface area contributed by atoms with E-state index in [4.69, 9.17) is 11.5 Å². The first-order valence-electron chi connectivity index (χ1n) is 6.31. The quantitative estimate of drug-likeness (QED) is 0.476. The fourth-order valence-corrected chi connectivity index (χ4v) is 1.87. The van der Waals surface area contributed by atoms with E-state index in [-0.39, 0.29) is 12.3 Å². The van der Waals surface area contributed by atoms with Crippen LogP contribution in [0.25, 0.3) is 0 Å². The van der Waals surface area contributed by atoms with Crippen molar-refractivity contribution in [3.8, 4) is 0 Å². The summed E-state index contributed by atoms with van der Waals surface area (Å²) >= 11 is 1.62. The number of carbonyl (C=O) groups excluding carboxylic acids is 2. The van der Waals surface area contributed by atoms with E-state index in [2.05, 4.69) is 5.32 Å². The average molecular weight is 291 g/mol. The molecule has 0 aromatic carbocycles. The van der Waals surface area contributed by atoms with Gasteiger partial charge in [-0.15, -0.1) is 0 Å². The lowest BCUT2D eigenvalue weighted by Gasteiger charge is -2.19. The molecule has 19 heavy (non-hydrogen) atoms. The second-order valence-electron chi connectivity index (χ2n) is 4.90. The molecule has 0 rings (SSSR count). The first kappa shape index (κ1) is 18.4. The van der Waals surface area contributed by atoms with Crippen LogP contribution >= 0.6 is 11.8 Å². The molecule has 7 heteroatoms. The second-order valence-corrected chi connectivity index (χ2v) is 5.88. The van der Waals surface area contributed by atoms with Gasteiger partial charge in [0.25, 0.3) is 0 Å². The predicted octanol–water partition coefficient (Wildman–Crippen LogP) is -0.556. The SMILES string of the molecule is CSCC[C@H](N)[C@@H](O)CC(=O)NC(=O)[C@@H](N)C(C)C. The van der Waals surface area contributed by atoms with Gasteiger partial charge in [0.2, 0.25) is 11.8 Å². The number of imide groups is 1. The van der Waals surface area contributed by atoms with E-state index in [0.29, 0.717) is 6.42 Å². The molecular formula is C12H25N3O3S. The van der Waals surface area contributed by atoms with Crippen molar-refractivity contribution in [1.82, 2.24) is 5.32 Å². The number of amides is 2. The fourth-order valence-electron chi connectivity index (χ4n) is 1.36. The molecule has 2 amide bonds. The first-order valence-corrected chi connectivity index (χ1v) is 7.70. The third-order valence-electron chi connectivity index (χ3n) is 2.83. The second kappa shape index (κ2) is 9.30. The molecule has 0 aromatic rings. The molecule has 0 saturated carbocycles. The molecule has 0 heterocycles. The number of rotatable bonds is 8. The standard InChI is InChI=1S/C12H25N3O3S/c1-7(2)11(14)12(18)15-10(17)6-9(16)8(13)4-5-19-3/h7-9,11,16H,4-6,13-14H2,1-3H3,(H,15,17,18)/t8-,9-,11-/m0/s1. The minimum atomic E-state index is -0.949. The van der Waals surface area contributed by atoms with Crippen molar-refractivity contribution in [2.24, 2.45) is 17.4 Å². The normalized spacial score (nSPS) is 15.9. The van der Waals surface area contributed by atoms with Gasteiger partial charge in [0.1, 0.15) is 0 Å². The zero-order valence-corrected chi connectivity index (χ0v) is 12.6. The molecule has 0 bridgehead atoms. The molecular weight excluding hydrogens is 266 g/mol. The van der Waals surface area contributed by atoms with Crippen molar-refractivity contribution < 1.29 is 14.7 Å². The Balaban J connectivity index is 4.13. The highest BCUT2D eigenvalue weighted by Crippen LogP contribution is 2.05. The van der Waals surface area contributed by atoms with Gasteiger partial charge in [-0.1, -0.05) is 13.8 Å². The molecule has 0 fully saturated rings. The molecule has 0 aliphatic heterocycles. The van der Waals surface area contributed by atoms with Gasteiger partial charge in [-0.25, -0.2) is 0 Å². The lowest BCUT2D eigenvalue weighted by Crippen LogP contribution is -2.48. The Morgan fingerprint density at radius 2 is 1.89 bits per heavy atom. The highest BCUT2D eigenvalue weighted by atomic mass is 32.2. The minimum Gasteiger partial charge on any atom is -0.391 e. The van der Waals surface area contributed by atoms with Crippen molar-refractivity contribution in [1.29, 1.82) is 0 Å². The van der Waals surface area contributed by atoms with Crippen LogP contribution in [0.15, 0.2) is 0 Å². The van der Waals surface area contributed by atoms with Crippen LogP contribution in [-0.2, 0) is 9.59 Å². The maximum atomic E-state index is 11.6. The van der Waals surface area contributed by atoms with Crippen LogP contribution in [-0.4, -0.2) is 47.1 Å². The van der Waals surface area contributed by atoms with E-state index < -0.39 is 30.0 Å². The van der Waals surface area contributed by atoms with Crippen molar-refractivity contribution in [3.05, 3.63) is 0 Å². The summed E-state index contributed by atoms with van der Waals surface area (Å²) < 4.78 is 0. The number of aliphatic hydroxyl groups excluding tert-OH is 1. The van der Waals surface area contributed by atoms with Crippen molar-refractivity contribution in [3.63, 3.8) is 0 Å². The van der Waals surface area contributed by atoms with Gasteiger partial charge in [-0.2, -0.15) is 11.8 Å². The summed E-state index contributed by atoms with van der Waals surface area (Å²) in [4.78, 5) is 23.1. The summed E-state index contributed by atoms with van der Waals surface area (Å²) in [5.41, 5.74) is 11.3. The number of hydrogen-bond acceptors (Lipinski definition) is 6. The fraction of sp³-hybridized carbons (Fsp3) is 0.833. The number of nitrogens with two attached hydrogens (primary N) is 2. The van der Waals surface area contributed by atoms with E-state index in [0.717, 1.165) is 5.75 Å². The molecule has 0 spiro atoms. The smallest absolute Gasteiger partial charge is 0.243 e. The molecule has 6 N–H and O–H groups in total. The van der Waals surface area contributed by atoms with E-state index >= 15 is 0 Å². The maximum Gasteiger partial charge on any atom is 0.243 e. The molecule has 6 nitrogen and oxygen atoms in total. The molecule has 3 atom stereocenters.